The fourth-order valence-electron chi connectivity index (χ4n) is 1.03. The van der Waals surface area contributed by atoms with Crippen LogP contribution >= 0.6 is 0 Å². The van der Waals surface area contributed by atoms with Gasteiger partial charge in [-0.15, -0.1) is 6.42 Å². The molecular formula is C10H11N. The third kappa shape index (κ3) is 1.60. The third-order valence-electron chi connectivity index (χ3n) is 1.70. The molecule has 1 aromatic carbocycles. The lowest BCUT2D eigenvalue weighted by Gasteiger charge is -2.06. The van der Waals surface area contributed by atoms with Crippen LogP contribution in [-0.4, -0.2) is 0 Å². The van der Waals surface area contributed by atoms with Crippen molar-refractivity contribution in [2.75, 3.05) is 0 Å². The standard InChI is InChI=1S/C10H11N/c1-3-10(11)9-7-5-4-6-8(9)2/h1,4-7,10H,11H2,2H3/t10-/m0/s1. The van der Waals surface area contributed by atoms with E-state index < -0.39 is 0 Å². The molecule has 11 heavy (non-hydrogen) atoms. The molecule has 0 saturated heterocycles. The van der Waals surface area contributed by atoms with Gasteiger partial charge in [0, 0.05) is 0 Å². The van der Waals surface area contributed by atoms with Gasteiger partial charge in [-0.3, -0.25) is 0 Å². The Kier molecular flexibility index (Phi) is 2.30. The lowest BCUT2D eigenvalue weighted by molar-refractivity contribution is 0.933. The first-order chi connectivity index (χ1) is 5.25. The van der Waals surface area contributed by atoms with Crippen LogP contribution in [0.2, 0.25) is 0 Å². The van der Waals surface area contributed by atoms with Gasteiger partial charge in [0.05, 0.1) is 6.04 Å². The van der Waals surface area contributed by atoms with Gasteiger partial charge in [-0.05, 0) is 18.1 Å². The zero-order valence-corrected chi connectivity index (χ0v) is 6.54. The van der Waals surface area contributed by atoms with E-state index in [2.05, 4.69) is 5.92 Å². The van der Waals surface area contributed by atoms with Crippen LogP contribution in [0, 0.1) is 19.3 Å². The largest absolute Gasteiger partial charge is 0.314 e. The SMILES string of the molecule is C#C[C@H](N)c1ccccc1C. The van der Waals surface area contributed by atoms with Gasteiger partial charge in [0.15, 0.2) is 0 Å². The number of rotatable bonds is 1. The Morgan fingerprint density at radius 2 is 2.09 bits per heavy atom. The Morgan fingerprint density at radius 3 is 2.64 bits per heavy atom. The van der Waals surface area contributed by atoms with E-state index in [0.717, 1.165) is 11.1 Å². The molecule has 0 aliphatic rings. The summed E-state index contributed by atoms with van der Waals surface area (Å²) in [6.45, 7) is 2.01. The summed E-state index contributed by atoms with van der Waals surface area (Å²) in [5.41, 5.74) is 7.85. The molecule has 0 amide bonds. The molecule has 1 atom stereocenters. The lowest BCUT2D eigenvalue weighted by Crippen LogP contribution is -2.08. The van der Waals surface area contributed by atoms with E-state index in [1.54, 1.807) is 0 Å². The number of nitrogens with two attached hydrogens (primary N) is 1. The van der Waals surface area contributed by atoms with Gasteiger partial charge in [-0.1, -0.05) is 30.2 Å². The molecule has 2 N–H and O–H groups in total. The van der Waals surface area contributed by atoms with Gasteiger partial charge in [0.2, 0.25) is 0 Å². The molecule has 0 aliphatic carbocycles. The van der Waals surface area contributed by atoms with E-state index in [1.165, 1.54) is 0 Å². The van der Waals surface area contributed by atoms with Crippen LogP contribution in [-0.2, 0) is 0 Å². The molecule has 0 radical (unpaired) electrons. The molecule has 1 rings (SSSR count). The molecule has 0 aliphatic heterocycles. The molecule has 0 unspecified atom stereocenters. The molecule has 1 heteroatoms. The quantitative estimate of drug-likeness (QED) is 0.597. The Labute approximate surface area is 67.2 Å². The zero-order valence-electron chi connectivity index (χ0n) is 6.54. The minimum atomic E-state index is -0.267. The van der Waals surface area contributed by atoms with Gasteiger partial charge >= 0.3 is 0 Å². The summed E-state index contributed by atoms with van der Waals surface area (Å²) < 4.78 is 0. The summed E-state index contributed by atoms with van der Waals surface area (Å²) in [6, 6.07) is 7.62. The van der Waals surface area contributed by atoms with Gasteiger partial charge in [-0.2, -0.15) is 0 Å². The first-order valence-electron chi connectivity index (χ1n) is 3.53. The molecule has 56 valence electrons. The van der Waals surface area contributed by atoms with Crippen LogP contribution in [0.5, 0.6) is 0 Å². The summed E-state index contributed by atoms with van der Waals surface area (Å²) in [4.78, 5) is 0. The summed E-state index contributed by atoms with van der Waals surface area (Å²) in [6.07, 6.45) is 5.20. The summed E-state index contributed by atoms with van der Waals surface area (Å²) >= 11 is 0. The van der Waals surface area contributed by atoms with E-state index in [9.17, 15) is 0 Å². The highest BCUT2D eigenvalue weighted by atomic mass is 14.6. The maximum absolute atomic E-state index is 5.66. The van der Waals surface area contributed by atoms with Crippen molar-refractivity contribution in [3.05, 3.63) is 35.4 Å². The zero-order chi connectivity index (χ0) is 8.27. The monoisotopic (exact) mass is 145 g/mol. The maximum Gasteiger partial charge on any atom is 0.0920 e. The van der Waals surface area contributed by atoms with Crippen molar-refractivity contribution >= 4 is 0 Å². The molecule has 1 nitrogen and oxygen atoms in total. The molecule has 1 aromatic rings. The van der Waals surface area contributed by atoms with Crippen molar-refractivity contribution in [3.63, 3.8) is 0 Å². The molecule has 0 aromatic heterocycles. The highest BCUT2D eigenvalue weighted by Gasteiger charge is 2.02. The predicted molar refractivity (Wildman–Crippen MR) is 46.9 cm³/mol. The second-order valence-electron chi connectivity index (χ2n) is 2.50. The minimum absolute atomic E-state index is 0.267. The Morgan fingerprint density at radius 1 is 1.45 bits per heavy atom. The highest BCUT2D eigenvalue weighted by Crippen LogP contribution is 2.13. The Hall–Kier alpha value is -1.26. The van der Waals surface area contributed by atoms with Gasteiger partial charge in [-0.25, -0.2) is 0 Å². The number of terminal acetylenes is 1. The second kappa shape index (κ2) is 3.23. The number of aryl methyl sites for hydroxylation is 1. The van der Waals surface area contributed by atoms with Crippen LogP contribution in [0.25, 0.3) is 0 Å². The van der Waals surface area contributed by atoms with Gasteiger partial charge < -0.3 is 5.73 Å². The Balaban J connectivity index is 3.05. The summed E-state index contributed by atoms with van der Waals surface area (Å²) in [5.74, 6) is 2.50. The van der Waals surface area contributed by atoms with Crippen molar-refractivity contribution in [2.45, 2.75) is 13.0 Å². The Bertz CT molecular complexity index is 283. The predicted octanol–water partition coefficient (Wildman–Crippen LogP) is 1.63. The number of benzene rings is 1. The molecule has 0 spiro atoms. The molecule has 0 saturated carbocycles. The van der Waals surface area contributed by atoms with Crippen LogP contribution in [0.4, 0.5) is 0 Å². The van der Waals surface area contributed by atoms with E-state index in [0.29, 0.717) is 0 Å². The van der Waals surface area contributed by atoms with Crippen molar-refractivity contribution in [2.24, 2.45) is 5.73 Å². The third-order valence-corrected chi connectivity index (χ3v) is 1.70. The average Bonchev–Trinajstić information content (AvgIpc) is 2.04. The van der Waals surface area contributed by atoms with E-state index in [1.807, 2.05) is 31.2 Å². The summed E-state index contributed by atoms with van der Waals surface area (Å²) in [7, 11) is 0. The van der Waals surface area contributed by atoms with Crippen molar-refractivity contribution in [3.8, 4) is 12.3 Å². The second-order valence-corrected chi connectivity index (χ2v) is 2.50. The van der Waals surface area contributed by atoms with Crippen LogP contribution in [0.1, 0.15) is 17.2 Å². The smallest absolute Gasteiger partial charge is 0.0920 e. The van der Waals surface area contributed by atoms with Crippen LogP contribution < -0.4 is 5.73 Å². The number of hydrogen-bond acceptors (Lipinski definition) is 1. The number of hydrogen-bond donors (Lipinski definition) is 1. The average molecular weight is 145 g/mol. The van der Waals surface area contributed by atoms with E-state index >= 15 is 0 Å². The molecule has 0 fully saturated rings. The summed E-state index contributed by atoms with van der Waals surface area (Å²) in [5, 5.41) is 0. The van der Waals surface area contributed by atoms with Crippen molar-refractivity contribution in [1.82, 2.24) is 0 Å². The maximum atomic E-state index is 5.66. The normalized spacial score (nSPS) is 12.1. The van der Waals surface area contributed by atoms with E-state index in [4.69, 9.17) is 12.2 Å². The molecular weight excluding hydrogens is 134 g/mol. The first kappa shape index (κ1) is 7.84. The van der Waals surface area contributed by atoms with E-state index in [-0.39, 0.29) is 6.04 Å². The fourth-order valence-corrected chi connectivity index (χ4v) is 1.03. The fraction of sp³-hybridized carbons (Fsp3) is 0.200. The molecule has 0 bridgehead atoms. The highest BCUT2D eigenvalue weighted by molar-refractivity contribution is 5.32. The van der Waals surface area contributed by atoms with Gasteiger partial charge in [0.25, 0.3) is 0 Å². The van der Waals surface area contributed by atoms with Crippen molar-refractivity contribution in [1.29, 1.82) is 0 Å². The van der Waals surface area contributed by atoms with Crippen LogP contribution in [0.15, 0.2) is 24.3 Å². The molecule has 0 heterocycles. The van der Waals surface area contributed by atoms with Gasteiger partial charge in [0.1, 0.15) is 0 Å². The van der Waals surface area contributed by atoms with Crippen LogP contribution in [0.3, 0.4) is 0 Å². The minimum Gasteiger partial charge on any atom is -0.314 e. The van der Waals surface area contributed by atoms with Crippen molar-refractivity contribution < 1.29 is 0 Å². The first-order valence-corrected chi connectivity index (χ1v) is 3.53. The topological polar surface area (TPSA) is 26.0 Å². The lowest BCUT2D eigenvalue weighted by atomic mass is 10.0.